The van der Waals surface area contributed by atoms with Gasteiger partial charge in [-0.3, -0.25) is 14.4 Å². The van der Waals surface area contributed by atoms with Gasteiger partial charge in [-0.05, 0) is 31.5 Å². The third kappa shape index (κ3) is 5.70. The van der Waals surface area contributed by atoms with Gasteiger partial charge >= 0.3 is 5.97 Å². The first-order valence-electron chi connectivity index (χ1n) is 8.21. The first-order valence-corrected chi connectivity index (χ1v) is 8.59. The average molecular weight is 374 g/mol. The van der Waals surface area contributed by atoms with Crippen LogP contribution in [-0.4, -0.2) is 23.8 Å². The van der Waals surface area contributed by atoms with Gasteiger partial charge in [0.05, 0.1) is 6.42 Å². The summed E-state index contributed by atoms with van der Waals surface area (Å²) >= 11 is 5.92. The number of ketones is 1. The molecule has 0 saturated heterocycles. The Kier molecular flexibility index (Phi) is 6.92. The van der Waals surface area contributed by atoms with Crippen molar-refractivity contribution in [3.63, 3.8) is 0 Å². The van der Waals surface area contributed by atoms with E-state index in [0.29, 0.717) is 16.3 Å². The smallest absolute Gasteiger partial charge is 0.307 e. The molecule has 0 aromatic heterocycles. The van der Waals surface area contributed by atoms with E-state index in [-0.39, 0.29) is 18.6 Å². The van der Waals surface area contributed by atoms with Crippen LogP contribution >= 0.6 is 11.6 Å². The lowest BCUT2D eigenvalue weighted by molar-refractivity contribution is -0.153. The fourth-order valence-corrected chi connectivity index (χ4v) is 2.43. The zero-order valence-electron chi connectivity index (χ0n) is 14.6. The van der Waals surface area contributed by atoms with Gasteiger partial charge in [-0.2, -0.15) is 0 Å². The van der Waals surface area contributed by atoms with Crippen molar-refractivity contribution in [2.45, 2.75) is 32.8 Å². The minimum atomic E-state index is -0.979. The summed E-state index contributed by atoms with van der Waals surface area (Å²) in [5, 5.41) is 3.17. The summed E-state index contributed by atoms with van der Waals surface area (Å²) < 4.78 is 5.10. The van der Waals surface area contributed by atoms with E-state index in [4.69, 9.17) is 16.3 Å². The van der Waals surface area contributed by atoms with Gasteiger partial charge in [0.25, 0.3) is 5.91 Å². The van der Waals surface area contributed by atoms with Gasteiger partial charge < -0.3 is 10.1 Å². The molecule has 2 aromatic rings. The van der Waals surface area contributed by atoms with Gasteiger partial charge in [-0.25, -0.2) is 0 Å². The Bertz CT molecular complexity index is 805. The molecular weight excluding hydrogens is 354 g/mol. The molecular formula is C20H20ClNO4. The molecule has 1 amide bonds. The Balaban J connectivity index is 1.83. The second-order valence-electron chi connectivity index (χ2n) is 5.87. The Labute approximate surface area is 157 Å². The molecule has 0 spiro atoms. The van der Waals surface area contributed by atoms with Crippen LogP contribution in [0.4, 0.5) is 5.69 Å². The van der Waals surface area contributed by atoms with Crippen molar-refractivity contribution in [2.75, 3.05) is 5.32 Å². The molecule has 5 nitrogen and oxygen atoms in total. The summed E-state index contributed by atoms with van der Waals surface area (Å²) in [6.07, 6.45) is -1.03. The van der Waals surface area contributed by atoms with E-state index < -0.39 is 18.0 Å². The van der Waals surface area contributed by atoms with E-state index in [1.165, 1.54) is 6.92 Å². The fourth-order valence-electron chi connectivity index (χ4n) is 2.26. The maximum atomic E-state index is 12.2. The molecule has 0 bridgehead atoms. The summed E-state index contributed by atoms with van der Waals surface area (Å²) in [5.74, 6) is -1.20. The highest BCUT2D eigenvalue weighted by atomic mass is 35.5. The number of aryl methyl sites for hydroxylation is 1. The van der Waals surface area contributed by atoms with Crippen LogP contribution in [0.5, 0.6) is 0 Å². The van der Waals surface area contributed by atoms with Crippen LogP contribution in [0, 0.1) is 6.92 Å². The first kappa shape index (κ1) is 19.7. The number of benzene rings is 2. The predicted octanol–water partition coefficient (Wildman–Crippen LogP) is 4.18. The lowest BCUT2D eigenvalue weighted by atomic mass is 10.1. The highest BCUT2D eigenvalue weighted by Gasteiger charge is 2.19. The van der Waals surface area contributed by atoms with Crippen molar-refractivity contribution in [3.05, 3.63) is 64.7 Å². The highest BCUT2D eigenvalue weighted by Crippen LogP contribution is 2.20. The van der Waals surface area contributed by atoms with E-state index in [1.807, 2.05) is 13.0 Å². The molecule has 2 rings (SSSR count). The van der Waals surface area contributed by atoms with Crippen molar-refractivity contribution < 1.29 is 19.1 Å². The number of halogens is 1. The molecule has 0 heterocycles. The molecule has 1 unspecified atom stereocenters. The normalized spacial score (nSPS) is 11.5. The number of hydrogen-bond acceptors (Lipinski definition) is 4. The highest BCUT2D eigenvalue weighted by molar-refractivity contribution is 6.31. The number of hydrogen-bond donors (Lipinski definition) is 1. The zero-order valence-corrected chi connectivity index (χ0v) is 15.4. The summed E-state index contributed by atoms with van der Waals surface area (Å²) in [6, 6.07) is 13.8. The third-order valence-electron chi connectivity index (χ3n) is 3.79. The monoisotopic (exact) mass is 373 g/mol. The molecule has 136 valence electrons. The maximum Gasteiger partial charge on any atom is 0.307 e. The van der Waals surface area contributed by atoms with Gasteiger partial charge in [0.15, 0.2) is 11.9 Å². The van der Waals surface area contributed by atoms with Crippen molar-refractivity contribution >= 4 is 34.9 Å². The number of carbonyl (C=O) groups excluding carboxylic acids is 3. The van der Waals surface area contributed by atoms with E-state index in [2.05, 4.69) is 5.32 Å². The van der Waals surface area contributed by atoms with Crippen LogP contribution in [0.3, 0.4) is 0 Å². The summed E-state index contributed by atoms with van der Waals surface area (Å²) in [4.78, 5) is 36.0. The number of carbonyl (C=O) groups is 3. The Morgan fingerprint density at radius 2 is 1.77 bits per heavy atom. The molecule has 0 aliphatic rings. The molecule has 0 radical (unpaired) electrons. The van der Waals surface area contributed by atoms with Crippen molar-refractivity contribution in [2.24, 2.45) is 0 Å². The number of nitrogens with one attached hydrogen (secondary N) is 1. The molecule has 0 fully saturated rings. The van der Waals surface area contributed by atoms with Gasteiger partial charge in [0, 0.05) is 22.7 Å². The number of amides is 1. The molecule has 1 N–H and O–H groups in total. The molecule has 2 aromatic carbocycles. The van der Waals surface area contributed by atoms with Crippen LogP contribution in [0.1, 0.15) is 35.7 Å². The predicted molar refractivity (Wildman–Crippen MR) is 100 cm³/mol. The van der Waals surface area contributed by atoms with Crippen LogP contribution in [-0.2, 0) is 14.3 Å². The van der Waals surface area contributed by atoms with Crippen molar-refractivity contribution in [3.8, 4) is 0 Å². The van der Waals surface area contributed by atoms with E-state index in [9.17, 15) is 14.4 Å². The topological polar surface area (TPSA) is 72.5 Å². The number of Topliss-reactive ketones (excluding diaryl/α,β-unsaturated/α-hetero) is 1. The van der Waals surface area contributed by atoms with Gasteiger partial charge in [-0.15, -0.1) is 0 Å². The summed E-state index contributed by atoms with van der Waals surface area (Å²) in [7, 11) is 0. The largest absolute Gasteiger partial charge is 0.453 e. The van der Waals surface area contributed by atoms with E-state index in [0.717, 1.165) is 5.56 Å². The van der Waals surface area contributed by atoms with Crippen LogP contribution in [0.25, 0.3) is 0 Å². The standard InChI is InChI=1S/C20H20ClNO4/c1-13-8-9-16(21)12-17(13)22-20(25)14(2)26-19(24)11-10-18(23)15-6-4-3-5-7-15/h3-9,12,14H,10-11H2,1-2H3,(H,22,25). The average Bonchev–Trinajstić information content (AvgIpc) is 2.63. The molecule has 26 heavy (non-hydrogen) atoms. The summed E-state index contributed by atoms with van der Waals surface area (Å²) in [5.41, 5.74) is 1.95. The zero-order chi connectivity index (χ0) is 19.1. The molecule has 0 aliphatic heterocycles. The Morgan fingerprint density at radius 1 is 1.08 bits per heavy atom. The SMILES string of the molecule is Cc1ccc(Cl)cc1NC(=O)C(C)OC(=O)CCC(=O)c1ccccc1. The third-order valence-corrected chi connectivity index (χ3v) is 4.02. The van der Waals surface area contributed by atoms with Crippen LogP contribution < -0.4 is 5.32 Å². The van der Waals surface area contributed by atoms with E-state index >= 15 is 0 Å². The Hall–Kier alpha value is -2.66. The van der Waals surface area contributed by atoms with Crippen LogP contribution in [0.2, 0.25) is 5.02 Å². The molecule has 0 saturated carbocycles. The summed E-state index contributed by atoms with van der Waals surface area (Å²) in [6.45, 7) is 3.31. The molecule has 0 aliphatic carbocycles. The second-order valence-corrected chi connectivity index (χ2v) is 6.31. The van der Waals surface area contributed by atoms with Crippen molar-refractivity contribution in [1.82, 2.24) is 0 Å². The first-order chi connectivity index (χ1) is 12.4. The molecule has 1 atom stereocenters. The fraction of sp³-hybridized carbons (Fsp3) is 0.250. The molecule has 6 heteroatoms. The minimum Gasteiger partial charge on any atom is -0.453 e. The number of anilines is 1. The van der Waals surface area contributed by atoms with E-state index in [1.54, 1.807) is 42.5 Å². The number of rotatable bonds is 7. The number of esters is 1. The maximum absolute atomic E-state index is 12.2. The lowest BCUT2D eigenvalue weighted by Crippen LogP contribution is -2.30. The Morgan fingerprint density at radius 3 is 2.46 bits per heavy atom. The van der Waals surface area contributed by atoms with Crippen LogP contribution in [0.15, 0.2) is 48.5 Å². The lowest BCUT2D eigenvalue weighted by Gasteiger charge is -2.15. The number of ether oxygens (including phenoxy) is 1. The van der Waals surface area contributed by atoms with Crippen molar-refractivity contribution in [1.29, 1.82) is 0 Å². The van der Waals surface area contributed by atoms with Gasteiger partial charge in [0.1, 0.15) is 0 Å². The second kappa shape index (κ2) is 9.15. The minimum absolute atomic E-state index is 0.0323. The van der Waals surface area contributed by atoms with Gasteiger partial charge in [0.2, 0.25) is 0 Å². The quantitative estimate of drug-likeness (QED) is 0.583. The van der Waals surface area contributed by atoms with Gasteiger partial charge in [-0.1, -0.05) is 48.0 Å².